The van der Waals surface area contributed by atoms with E-state index in [1.54, 1.807) is 0 Å². The molecular weight excluding hydrogens is 302 g/mol. The lowest BCUT2D eigenvalue weighted by atomic mass is 10.0. The second kappa shape index (κ2) is 5.57. The van der Waals surface area contributed by atoms with Crippen LogP contribution in [0, 0.1) is 6.92 Å². The molecule has 1 aromatic carbocycles. The molecule has 0 spiro atoms. The maximum absolute atomic E-state index is 11.9. The van der Waals surface area contributed by atoms with Crippen molar-refractivity contribution >= 4 is 22.4 Å². The Labute approximate surface area is 132 Å². The van der Waals surface area contributed by atoms with E-state index in [9.17, 15) is 4.79 Å². The lowest BCUT2D eigenvalue weighted by molar-refractivity contribution is -0.118. The number of nitrogens with zero attached hydrogens (tertiary/aromatic N) is 2. The van der Waals surface area contributed by atoms with Gasteiger partial charge < -0.3 is 9.47 Å². The van der Waals surface area contributed by atoms with Crippen molar-refractivity contribution in [2.45, 2.75) is 32.8 Å². The van der Waals surface area contributed by atoms with Crippen molar-refractivity contribution in [1.29, 1.82) is 0 Å². The van der Waals surface area contributed by atoms with E-state index in [1.165, 1.54) is 11.3 Å². The van der Waals surface area contributed by atoms with Crippen molar-refractivity contribution in [3.8, 4) is 11.5 Å². The van der Waals surface area contributed by atoms with E-state index in [2.05, 4.69) is 15.5 Å². The van der Waals surface area contributed by atoms with Gasteiger partial charge in [0.25, 0.3) is 5.91 Å². The average molecular weight is 319 g/mol. The van der Waals surface area contributed by atoms with E-state index < -0.39 is 0 Å². The first-order valence-corrected chi connectivity index (χ1v) is 7.78. The van der Waals surface area contributed by atoms with Gasteiger partial charge in [-0.25, -0.2) is 0 Å². The summed E-state index contributed by atoms with van der Waals surface area (Å²) in [6.07, 6.45) is 0.829. The molecule has 0 aliphatic carbocycles. The lowest BCUT2D eigenvalue weighted by Gasteiger charge is -2.18. The van der Waals surface area contributed by atoms with Crippen molar-refractivity contribution in [2.24, 2.45) is 0 Å². The predicted octanol–water partition coefficient (Wildman–Crippen LogP) is 2.58. The quantitative estimate of drug-likeness (QED) is 0.937. The summed E-state index contributed by atoms with van der Waals surface area (Å²) >= 11 is 1.32. The number of aromatic nitrogens is 2. The normalized spacial score (nSPS) is 15.0. The van der Waals surface area contributed by atoms with Crippen LogP contribution >= 0.6 is 11.3 Å². The van der Waals surface area contributed by atoms with E-state index in [4.69, 9.17) is 9.47 Å². The summed E-state index contributed by atoms with van der Waals surface area (Å²) in [5.41, 5.74) is 0.858. The summed E-state index contributed by atoms with van der Waals surface area (Å²) in [5, 5.41) is 11.6. The van der Waals surface area contributed by atoms with Crippen molar-refractivity contribution in [3.05, 3.63) is 28.8 Å². The number of carbonyl (C=O) groups is 1. The number of hydrogen-bond donors (Lipinski definition) is 1. The molecule has 7 heteroatoms. The van der Waals surface area contributed by atoms with Gasteiger partial charge in [-0.3, -0.25) is 10.1 Å². The largest absolute Gasteiger partial charge is 0.483 e. The summed E-state index contributed by atoms with van der Waals surface area (Å²) in [7, 11) is 0. The Kier molecular flexibility index (Phi) is 3.74. The lowest BCUT2D eigenvalue weighted by Crippen LogP contribution is -2.25. The molecule has 0 radical (unpaired) electrons. The minimum atomic E-state index is -0.272. The molecule has 2 aromatic rings. The van der Waals surface area contributed by atoms with Gasteiger partial charge in [-0.1, -0.05) is 23.5 Å². The third-order valence-corrected chi connectivity index (χ3v) is 3.94. The Morgan fingerprint density at radius 2 is 2.27 bits per heavy atom. The number of ether oxygens (including phenoxy) is 2. The van der Waals surface area contributed by atoms with Gasteiger partial charge in [0.15, 0.2) is 18.1 Å². The SMILES string of the molecule is Cc1nnc(NC(=O)COc2cccc3c2OC(C)(C)C3)s1. The number of carbonyl (C=O) groups excluding carboxylic acids is 1. The van der Waals surface area contributed by atoms with Gasteiger partial charge in [0.1, 0.15) is 10.6 Å². The van der Waals surface area contributed by atoms with Crippen LogP contribution in [-0.2, 0) is 11.2 Å². The Morgan fingerprint density at radius 1 is 1.45 bits per heavy atom. The Bertz CT molecular complexity index is 712. The third-order valence-electron chi connectivity index (χ3n) is 3.19. The molecule has 1 aliphatic rings. The van der Waals surface area contributed by atoms with Crippen LogP contribution in [0.15, 0.2) is 18.2 Å². The molecule has 22 heavy (non-hydrogen) atoms. The summed E-state index contributed by atoms with van der Waals surface area (Å²) in [6, 6.07) is 5.73. The molecule has 1 aromatic heterocycles. The zero-order chi connectivity index (χ0) is 15.7. The maximum atomic E-state index is 11.9. The number of para-hydroxylation sites is 1. The smallest absolute Gasteiger partial charge is 0.264 e. The molecule has 3 rings (SSSR count). The van der Waals surface area contributed by atoms with E-state index in [1.807, 2.05) is 39.0 Å². The highest BCUT2D eigenvalue weighted by molar-refractivity contribution is 7.15. The van der Waals surface area contributed by atoms with Crippen LogP contribution < -0.4 is 14.8 Å². The van der Waals surface area contributed by atoms with Gasteiger partial charge in [0.05, 0.1) is 0 Å². The number of fused-ring (bicyclic) bond motifs is 1. The molecule has 1 amide bonds. The highest BCUT2D eigenvalue weighted by atomic mass is 32.1. The Hall–Kier alpha value is -2.15. The molecule has 0 saturated heterocycles. The van der Waals surface area contributed by atoms with Crippen molar-refractivity contribution < 1.29 is 14.3 Å². The van der Waals surface area contributed by atoms with Crippen LogP contribution in [0.1, 0.15) is 24.4 Å². The fourth-order valence-electron chi connectivity index (χ4n) is 2.35. The van der Waals surface area contributed by atoms with Crippen LogP contribution in [0.2, 0.25) is 0 Å². The van der Waals surface area contributed by atoms with Gasteiger partial charge in [-0.05, 0) is 26.8 Å². The summed E-state index contributed by atoms with van der Waals surface area (Å²) < 4.78 is 11.5. The molecule has 0 atom stereocenters. The highest BCUT2D eigenvalue weighted by Gasteiger charge is 2.32. The standard InChI is InChI=1S/C15H17N3O3S/c1-9-17-18-14(22-9)16-12(19)8-20-11-6-4-5-10-7-15(2,3)21-13(10)11/h4-6H,7-8H2,1-3H3,(H,16,18,19). The minimum absolute atomic E-state index is 0.0983. The zero-order valence-corrected chi connectivity index (χ0v) is 13.5. The highest BCUT2D eigenvalue weighted by Crippen LogP contribution is 2.41. The maximum Gasteiger partial charge on any atom is 0.264 e. The van der Waals surface area contributed by atoms with E-state index >= 15 is 0 Å². The predicted molar refractivity (Wildman–Crippen MR) is 83.6 cm³/mol. The van der Waals surface area contributed by atoms with Crippen LogP contribution in [0.4, 0.5) is 5.13 Å². The van der Waals surface area contributed by atoms with Gasteiger partial charge in [-0.15, -0.1) is 10.2 Å². The number of amides is 1. The van der Waals surface area contributed by atoms with Gasteiger partial charge in [0.2, 0.25) is 5.13 Å². The van der Waals surface area contributed by atoms with Crippen LogP contribution in [-0.4, -0.2) is 28.3 Å². The minimum Gasteiger partial charge on any atom is -0.483 e. The van der Waals surface area contributed by atoms with Crippen LogP contribution in [0.5, 0.6) is 11.5 Å². The first-order chi connectivity index (χ1) is 10.4. The number of benzene rings is 1. The number of hydrogen-bond acceptors (Lipinski definition) is 6. The summed E-state index contributed by atoms with van der Waals surface area (Å²) in [4.78, 5) is 11.9. The fraction of sp³-hybridized carbons (Fsp3) is 0.400. The molecule has 2 heterocycles. The third kappa shape index (κ3) is 3.19. The average Bonchev–Trinajstić information content (AvgIpc) is 2.97. The number of rotatable bonds is 4. The summed E-state index contributed by atoms with van der Waals surface area (Å²) in [5.74, 6) is 1.05. The van der Waals surface area contributed by atoms with Crippen molar-refractivity contribution in [1.82, 2.24) is 10.2 Å². The molecule has 0 fully saturated rings. The monoisotopic (exact) mass is 319 g/mol. The number of aryl methyl sites for hydroxylation is 1. The second-order valence-corrected chi connectivity index (χ2v) is 6.93. The zero-order valence-electron chi connectivity index (χ0n) is 12.7. The molecule has 116 valence electrons. The van der Waals surface area contributed by atoms with Gasteiger partial charge >= 0.3 is 0 Å². The van der Waals surface area contributed by atoms with E-state index in [0.29, 0.717) is 10.9 Å². The van der Waals surface area contributed by atoms with Crippen molar-refractivity contribution in [2.75, 3.05) is 11.9 Å². The molecule has 1 aliphatic heterocycles. The molecule has 0 unspecified atom stereocenters. The molecule has 1 N–H and O–H groups in total. The van der Waals surface area contributed by atoms with Crippen LogP contribution in [0.3, 0.4) is 0 Å². The second-order valence-electron chi connectivity index (χ2n) is 5.75. The summed E-state index contributed by atoms with van der Waals surface area (Å²) in [6.45, 7) is 5.79. The number of nitrogens with one attached hydrogen (secondary N) is 1. The Morgan fingerprint density at radius 3 is 3.00 bits per heavy atom. The van der Waals surface area contributed by atoms with Gasteiger partial charge in [-0.2, -0.15) is 0 Å². The molecular formula is C15H17N3O3S. The van der Waals surface area contributed by atoms with E-state index in [0.717, 1.165) is 22.7 Å². The van der Waals surface area contributed by atoms with Crippen LogP contribution in [0.25, 0.3) is 0 Å². The first-order valence-electron chi connectivity index (χ1n) is 6.97. The Balaban J connectivity index is 1.63. The number of anilines is 1. The first kappa shape index (κ1) is 14.8. The molecule has 0 saturated carbocycles. The fourth-order valence-corrected chi connectivity index (χ4v) is 2.95. The van der Waals surface area contributed by atoms with E-state index in [-0.39, 0.29) is 18.1 Å². The topological polar surface area (TPSA) is 73.3 Å². The van der Waals surface area contributed by atoms with Crippen molar-refractivity contribution in [3.63, 3.8) is 0 Å². The molecule has 6 nitrogen and oxygen atoms in total. The van der Waals surface area contributed by atoms with Gasteiger partial charge in [0, 0.05) is 12.0 Å². The molecule has 0 bridgehead atoms.